The van der Waals surface area contributed by atoms with Crippen LogP contribution in [0.1, 0.15) is 11.3 Å². The minimum atomic E-state index is -3.24. The fraction of sp³-hybridized carbons (Fsp3) is 0.231. The monoisotopic (exact) mass is 279 g/mol. The number of benzene rings is 1. The molecule has 0 aliphatic heterocycles. The highest BCUT2D eigenvalue weighted by molar-refractivity contribution is 7.92. The van der Waals surface area contributed by atoms with Crippen LogP contribution in [0.2, 0.25) is 0 Å². The number of hydrogen-bond acceptors (Lipinski definition) is 3. The van der Waals surface area contributed by atoms with Gasteiger partial charge in [0.05, 0.1) is 18.5 Å². The molecule has 1 aromatic carbocycles. The van der Waals surface area contributed by atoms with Gasteiger partial charge in [-0.3, -0.25) is 4.72 Å². The van der Waals surface area contributed by atoms with Gasteiger partial charge in [0, 0.05) is 17.6 Å². The Labute approximate surface area is 113 Å². The van der Waals surface area contributed by atoms with E-state index in [0.29, 0.717) is 12.2 Å². The third-order valence-electron chi connectivity index (χ3n) is 2.67. The highest BCUT2D eigenvalue weighted by atomic mass is 32.2. The largest absolute Gasteiger partial charge is 0.379 e. The zero-order valence-corrected chi connectivity index (χ0v) is 11.7. The lowest BCUT2D eigenvalue weighted by Gasteiger charge is -2.11. The number of aromatic amines is 1. The number of anilines is 2. The quantitative estimate of drug-likeness (QED) is 0.786. The number of aromatic nitrogens is 1. The number of hydrogen-bond donors (Lipinski definition) is 3. The molecule has 0 atom stereocenters. The lowest BCUT2D eigenvalue weighted by molar-refractivity contribution is 0.607. The van der Waals surface area contributed by atoms with Crippen molar-refractivity contribution < 1.29 is 8.42 Å². The van der Waals surface area contributed by atoms with Crippen LogP contribution in [0, 0.1) is 6.92 Å². The summed E-state index contributed by atoms with van der Waals surface area (Å²) in [6.07, 6.45) is 3.02. The molecule has 102 valence electrons. The molecule has 0 radical (unpaired) electrons. The van der Waals surface area contributed by atoms with E-state index in [9.17, 15) is 8.42 Å². The van der Waals surface area contributed by atoms with Crippen molar-refractivity contribution in [2.75, 3.05) is 16.3 Å². The van der Waals surface area contributed by atoms with Crippen molar-refractivity contribution in [2.24, 2.45) is 0 Å². The number of rotatable bonds is 5. The van der Waals surface area contributed by atoms with Crippen molar-refractivity contribution in [3.05, 3.63) is 47.8 Å². The van der Waals surface area contributed by atoms with Crippen molar-refractivity contribution in [1.82, 2.24) is 4.98 Å². The van der Waals surface area contributed by atoms with E-state index in [4.69, 9.17) is 0 Å². The van der Waals surface area contributed by atoms with E-state index < -0.39 is 10.0 Å². The summed E-state index contributed by atoms with van der Waals surface area (Å²) in [4.78, 5) is 3.11. The zero-order chi connectivity index (χ0) is 13.9. The average molecular weight is 279 g/mol. The highest BCUT2D eigenvalue weighted by Gasteiger charge is 2.05. The van der Waals surface area contributed by atoms with Gasteiger partial charge in [0.15, 0.2) is 0 Å². The molecule has 0 amide bonds. The molecule has 2 aromatic rings. The molecule has 1 aromatic heterocycles. The minimum absolute atomic E-state index is 0.605. The highest BCUT2D eigenvalue weighted by Crippen LogP contribution is 2.20. The first-order chi connectivity index (χ1) is 8.94. The van der Waals surface area contributed by atoms with Gasteiger partial charge < -0.3 is 10.3 Å². The summed E-state index contributed by atoms with van der Waals surface area (Å²) < 4.78 is 24.9. The Morgan fingerprint density at radius 2 is 2.05 bits per heavy atom. The van der Waals surface area contributed by atoms with Crippen LogP contribution in [0.3, 0.4) is 0 Å². The fourth-order valence-electron chi connectivity index (χ4n) is 1.76. The van der Waals surface area contributed by atoms with Gasteiger partial charge in [0.1, 0.15) is 0 Å². The molecule has 0 saturated carbocycles. The second kappa shape index (κ2) is 5.36. The summed E-state index contributed by atoms with van der Waals surface area (Å²) in [5, 5.41) is 3.27. The summed E-state index contributed by atoms with van der Waals surface area (Å²) in [7, 11) is -3.24. The van der Waals surface area contributed by atoms with Gasteiger partial charge in [-0.2, -0.15) is 0 Å². The zero-order valence-electron chi connectivity index (χ0n) is 10.9. The molecule has 0 saturated heterocycles. The lowest BCUT2D eigenvalue weighted by atomic mass is 10.2. The Kier molecular flexibility index (Phi) is 3.80. The van der Waals surface area contributed by atoms with Gasteiger partial charge in [0.2, 0.25) is 10.0 Å². The maximum Gasteiger partial charge on any atom is 0.229 e. The van der Waals surface area contributed by atoms with Crippen LogP contribution in [-0.4, -0.2) is 19.7 Å². The molecular formula is C13H17N3O2S. The molecule has 5 nitrogen and oxygen atoms in total. The van der Waals surface area contributed by atoms with Crippen LogP contribution in [0.25, 0.3) is 0 Å². The van der Waals surface area contributed by atoms with E-state index in [1.165, 1.54) is 0 Å². The Hall–Kier alpha value is -1.95. The molecule has 0 bridgehead atoms. The Morgan fingerprint density at radius 1 is 1.26 bits per heavy atom. The van der Waals surface area contributed by atoms with Crippen LogP contribution in [-0.2, 0) is 16.6 Å². The normalized spacial score (nSPS) is 11.3. The summed E-state index contributed by atoms with van der Waals surface area (Å²) in [5.74, 6) is 0. The maximum absolute atomic E-state index is 11.2. The summed E-state index contributed by atoms with van der Waals surface area (Å²) in [5.41, 5.74) is 3.52. The summed E-state index contributed by atoms with van der Waals surface area (Å²) in [6, 6.07) is 9.47. The standard InChI is InChI=1S/C13H17N3O2S/c1-10-8-11(15-9-12-4-3-7-14-12)5-6-13(10)16-19(2,17)18/h3-8,14-16H,9H2,1-2H3. The molecule has 19 heavy (non-hydrogen) atoms. The van der Waals surface area contributed by atoms with Crippen molar-refractivity contribution in [2.45, 2.75) is 13.5 Å². The van der Waals surface area contributed by atoms with Gasteiger partial charge in [-0.05, 0) is 42.8 Å². The first-order valence-corrected chi connectivity index (χ1v) is 7.78. The van der Waals surface area contributed by atoms with E-state index in [1.807, 2.05) is 37.4 Å². The predicted molar refractivity (Wildman–Crippen MR) is 77.8 cm³/mol. The molecule has 0 aliphatic rings. The second-order valence-electron chi connectivity index (χ2n) is 4.45. The van der Waals surface area contributed by atoms with E-state index in [-0.39, 0.29) is 0 Å². The first kappa shape index (κ1) is 13.5. The number of sulfonamides is 1. The van der Waals surface area contributed by atoms with Crippen molar-refractivity contribution in [3.8, 4) is 0 Å². The van der Waals surface area contributed by atoms with Crippen molar-refractivity contribution in [1.29, 1.82) is 0 Å². The molecule has 6 heteroatoms. The van der Waals surface area contributed by atoms with Gasteiger partial charge >= 0.3 is 0 Å². The molecule has 0 spiro atoms. The number of H-pyrrole nitrogens is 1. The fourth-order valence-corrected chi connectivity index (χ4v) is 2.39. The number of nitrogens with one attached hydrogen (secondary N) is 3. The Morgan fingerprint density at radius 3 is 2.63 bits per heavy atom. The van der Waals surface area contributed by atoms with Gasteiger partial charge in [-0.25, -0.2) is 8.42 Å². The van der Waals surface area contributed by atoms with Crippen molar-refractivity contribution in [3.63, 3.8) is 0 Å². The molecule has 0 aliphatic carbocycles. The Bertz CT molecular complexity index is 649. The SMILES string of the molecule is Cc1cc(NCc2ccc[nH]2)ccc1NS(C)(=O)=O. The predicted octanol–water partition coefficient (Wildman–Crippen LogP) is 2.31. The Balaban J connectivity index is 2.06. The maximum atomic E-state index is 11.2. The van der Waals surface area contributed by atoms with Crippen LogP contribution < -0.4 is 10.0 Å². The second-order valence-corrected chi connectivity index (χ2v) is 6.20. The van der Waals surface area contributed by atoms with E-state index >= 15 is 0 Å². The van der Waals surface area contributed by atoms with E-state index in [2.05, 4.69) is 15.0 Å². The molecule has 3 N–H and O–H groups in total. The van der Waals surface area contributed by atoms with Crippen LogP contribution in [0.4, 0.5) is 11.4 Å². The van der Waals surface area contributed by atoms with Crippen LogP contribution in [0.5, 0.6) is 0 Å². The third-order valence-corrected chi connectivity index (χ3v) is 3.26. The smallest absolute Gasteiger partial charge is 0.229 e. The summed E-state index contributed by atoms with van der Waals surface area (Å²) in [6.45, 7) is 2.57. The van der Waals surface area contributed by atoms with Crippen LogP contribution >= 0.6 is 0 Å². The van der Waals surface area contributed by atoms with Gasteiger partial charge in [0.25, 0.3) is 0 Å². The molecule has 1 heterocycles. The van der Waals surface area contributed by atoms with Gasteiger partial charge in [-0.15, -0.1) is 0 Å². The first-order valence-electron chi connectivity index (χ1n) is 5.88. The molecular weight excluding hydrogens is 262 g/mol. The third kappa shape index (κ3) is 4.03. The summed E-state index contributed by atoms with van der Waals surface area (Å²) >= 11 is 0. The lowest BCUT2D eigenvalue weighted by Crippen LogP contribution is -2.10. The van der Waals surface area contributed by atoms with E-state index in [1.54, 1.807) is 6.07 Å². The molecule has 0 fully saturated rings. The molecule has 2 rings (SSSR count). The van der Waals surface area contributed by atoms with Gasteiger partial charge in [-0.1, -0.05) is 0 Å². The van der Waals surface area contributed by atoms with Crippen LogP contribution in [0.15, 0.2) is 36.5 Å². The van der Waals surface area contributed by atoms with Crippen molar-refractivity contribution >= 4 is 21.4 Å². The average Bonchev–Trinajstić information content (AvgIpc) is 2.81. The topological polar surface area (TPSA) is 74.0 Å². The minimum Gasteiger partial charge on any atom is -0.379 e. The number of aryl methyl sites for hydroxylation is 1. The molecule has 0 unspecified atom stereocenters. The van der Waals surface area contributed by atoms with E-state index in [0.717, 1.165) is 23.2 Å².